The van der Waals surface area contributed by atoms with E-state index >= 15 is 0 Å². The molecule has 1 atom stereocenters. The maximum absolute atomic E-state index is 12.7. The van der Waals surface area contributed by atoms with E-state index < -0.39 is 51.1 Å². The Labute approximate surface area is 169 Å². The lowest BCUT2D eigenvalue weighted by molar-refractivity contribution is -0.397. The normalized spacial score (nSPS) is 11.4. The van der Waals surface area contributed by atoms with Gasteiger partial charge in [-0.1, -0.05) is 30.3 Å². The average molecular weight is 418 g/mol. The number of carbonyl (C=O) groups excluding carboxylic acids is 2. The molecule has 0 bridgehead atoms. The minimum atomic E-state index is -1.37. The van der Waals surface area contributed by atoms with Crippen molar-refractivity contribution in [2.45, 2.75) is 19.4 Å². The lowest BCUT2D eigenvalue weighted by atomic mass is 10.0. The highest BCUT2D eigenvalue weighted by Gasteiger charge is 2.29. The molecule has 1 heterocycles. The second kappa shape index (κ2) is 9.91. The summed E-state index contributed by atoms with van der Waals surface area (Å²) in [6.07, 6.45) is 1.53. The van der Waals surface area contributed by atoms with Gasteiger partial charge in [0.05, 0.1) is 28.8 Å². The first-order chi connectivity index (χ1) is 14.2. The highest BCUT2D eigenvalue weighted by molar-refractivity contribution is 5.85. The Morgan fingerprint density at radius 1 is 1.10 bits per heavy atom. The van der Waals surface area contributed by atoms with Gasteiger partial charge in [-0.05, 0) is 12.5 Å². The molecule has 0 saturated carbocycles. The van der Waals surface area contributed by atoms with E-state index in [-0.39, 0.29) is 13.0 Å². The van der Waals surface area contributed by atoms with Gasteiger partial charge < -0.3 is 14.6 Å². The van der Waals surface area contributed by atoms with E-state index in [1.807, 2.05) is 0 Å². The van der Waals surface area contributed by atoms with Crippen molar-refractivity contribution in [1.29, 1.82) is 0 Å². The van der Waals surface area contributed by atoms with Crippen LogP contribution in [0.15, 0.2) is 47.5 Å². The number of nitrogens with one attached hydrogen (secondary N) is 1. The lowest BCUT2D eigenvalue weighted by Crippen LogP contribution is -2.38. The van der Waals surface area contributed by atoms with Crippen molar-refractivity contribution in [2.24, 2.45) is 0 Å². The van der Waals surface area contributed by atoms with Crippen molar-refractivity contribution >= 4 is 23.3 Å². The smallest absolute Gasteiger partial charge is 0.339 e. The van der Waals surface area contributed by atoms with Gasteiger partial charge in [0.25, 0.3) is 0 Å². The second-order valence-electron chi connectivity index (χ2n) is 6.05. The molecule has 0 fully saturated rings. The summed E-state index contributed by atoms with van der Waals surface area (Å²) >= 11 is 0. The fourth-order valence-electron chi connectivity index (χ4n) is 2.67. The largest absolute Gasteiger partial charge is 0.465 e. The average Bonchev–Trinajstić information content (AvgIpc) is 2.71. The van der Waals surface area contributed by atoms with Crippen LogP contribution < -0.4 is 10.7 Å². The summed E-state index contributed by atoms with van der Waals surface area (Å²) in [5, 5.41) is 24.7. The molecule has 0 aliphatic carbocycles. The SMILES string of the molecule is CCOC(=O)CNC(=O)[C@H](Cc1ccccc1)n1cc([N+](=O)[O-])c(=O)c([N+](=O)[O-])c1. The van der Waals surface area contributed by atoms with E-state index in [0.717, 1.165) is 17.0 Å². The third-order valence-electron chi connectivity index (χ3n) is 4.05. The van der Waals surface area contributed by atoms with Crippen molar-refractivity contribution in [3.05, 3.63) is 78.7 Å². The van der Waals surface area contributed by atoms with Crippen LogP contribution in [0.1, 0.15) is 18.5 Å². The van der Waals surface area contributed by atoms with Gasteiger partial charge in [0.1, 0.15) is 12.6 Å². The highest BCUT2D eigenvalue weighted by atomic mass is 16.6. The molecule has 1 N–H and O–H groups in total. The van der Waals surface area contributed by atoms with Gasteiger partial charge >= 0.3 is 22.8 Å². The quantitative estimate of drug-likeness (QED) is 0.360. The molecule has 12 heteroatoms. The van der Waals surface area contributed by atoms with E-state index in [2.05, 4.69) is 5.32 Å². The molecule has 158 valence electrons. The van der Waals surface area contributed by atoms with Crippen LogP contribution in [0.4, 0.5) is 11.4 Å². The fourth-order valence-corrected chi connectivity index (χ4v) is 2.67. The predicted octanol–water partition coefficient (Wildman–Crippen LogP) is 1.13. The third kappa shape index (κ3) is 5.47. The first-order valence-corrected chi connectivity index (χ1v) is 8.76. The third-order valence-corrected chi connectivity index (χ3v) is 4.05. The van der Waals surface area contributed by atoms with Crippen molar-refractivity contribution in [3.63, 3.8) is 0 Å². The molecule has 0 aliphatic heterocycles. The lowest BCUT2D eigenvalue weighted by Gasteiger charge is -2.20. The van der Waals surface area contributed by atoms with E-state index in [1.54, 1.807) is 37.3 Å². The number of aromatic nitrogens is 1. The first kappa shape index (κ1) is 22.2. The molecule has 30 heavy (non-hydrogen) atoms. The summed E-state index contributed by atoms with van der Waals surface area (Å²) in [6.45, 7) is 1.25. The van der Waals surface area contributed by atoms with Gasteiger partial charge in [0.2, 0.25) is 5.91 Å². The number of benzene rings is 1. The Balaban J connectivity index is 2.49. The molecule has 1 aromatic carbocycles. The van der Waals surface area contributed by atoms with Crippen LogP contribution in [0, 0.1) is 20.2 Å². The molecular weight excluding hydrogens is 400 g/mol. The number of hydrogen-bond acceptors (Lipinski definition) is 8. The zero-order valence-corrected chi connectivity index (χ0v) is 15.8. The van der Waals surface area contributed by atoms with Crippen LogP contribution >= 0.6 is 0 Å². The van der Waals surface area contributed by atoms with Crippen molar-refractivity contribution < 1.29 is 24.2 Å². The number of rotatable bonds is 9. The summed E-state index contributed by atoms with van der Waals surface area (Å²) in [5.41, 5.74) is -2.80. The topological polar surface area (TPSA) is 164 Å². The molecule has 2 rings (SSSR count). The van der Waals surface area contributed by atoms with Gasteiger partial charge in [0.15, 0.2) is 0 Å². The maximum atomic E-state index is 12.7. The van der Waals surface area contributed by atoms with Crippen molar-refractivity contribution in [1.82, 2.24) is 9.88 Å². The Hall–Kier alpha value is -4.09. The fraction of sp³-hybridized carbons (Fsp3) is 0.278. The summed E-state index contributed by atoms with van der Waals surface area (Å²) in [5.74, 6) is -1.43. The number of ether oxygens (including phenoxy) is 1. The number of carbonyl (C=O) groups is 2. The number of nitro groups is 2. The van der Waals surface area contributed by atoms with E-state index in [9.17, 15) is 34.6 Å². The molecule has 0 saturated heterocycles. The zero-order chi connectivity index (χ0) is 22.3. The number of nitrogens with zero attached hydrogens (tertiary/aromatic N) is 3. The van der Waals surface area contributed by atoms with E-state index in [1.165, 1.54) is 0 Å². The molecule has 0 spiro atoms. The molecule has 2 aromatic rings. The number of pyridine rings is 1. The van der Waals surface area contributed by atoms with E-state index in [0.29, 0.717) is 5.56 Å². The van der Waals surface area contributed by atoms with E-state index in [4.69, 9.17) is 4.74 Å². The summed E-state index contributed by atoms with van der Waals surface area (Å²) in [4.78, 5) is 56.5. The summed E-state index contributed by atoms with van der Waals surface area (Å²) in [6, 6.07) is 7.33. The minimum Gasteiger partial charge on any atom is -0.465 e. The highest BCUT2D eigenvalue weighted by Crippen LogP contribution is 2.20. The van der Waals surface area contributed by atoms with Crippen LogP contribution in [0.5, 0.6) is 0 Å². The van der Waals surface area contributed by atoms with Gasteiger partial charge in [-0.15, -0.1) is 0 Å². The first-order valence-electron chi connectivity index (χ1n) is 8.76. The maximum Gasteiger partial charge on any atom is 0.339 e. The number of esters is 1. The van der Waals surface area contributed by atoms with Gasteiger partial charge in [-0.3, -0.25) is 34.6 Å². The molecule has 1 aromatic heterocycles. The van der Waals surface area contributed by atoms with Gasteiger partial charge in [-0.2, -0.15) is 0 Å². The Kier molecular flexibility index (Phi) is 7.33. The van der Waals surface area contributed by atoms with Crippen LogP contribution in [-0.4, -0.2) is 39.4 Å². The zero-order valence-electron chi connectivity index (χ0n) is 15.8. The minimum absolute atomic E-state index is 0.00726. The van der Waals surface area contributed by atoms with Crippen LogP contribution in [0.25, 0.3) is 0 Å². The molecule has 0 radical (unpaired) electrons. The van der Waals surface area contributed by atoms with Crippen LogP contribution in [0.3, 0.4) is 0 Å². The molecular formula is C18H18N4O8. The Morgan fingerprint density at radius 3 is 2.17 bits per heavy atom. The van der Waals surface area contributed by atoms with Gasteiger partial charge in [-0.25, -0.2) is 0 Å². The second-order valence-corrected chi connectivity index (χ2v) is 6.05. The Morgan fingerprint density at radius 2 is 1.67 bits per heavy atom. The van der Waals surface area contributed by atoms with Crippen LogP contribution in [0.2, 0.25) is 0 Å². The summed E-state index contributed by atoms with van der Waals surface area (Å²) in [7, 11) is 0. The number of hydrogen-bond donors (Lipinski definition) is 1. The molecule has 12 nitrogen and oxygen atoms in total. The molecule has 0 unspecified atom stereocenters. The standard InChI is InChI=1S/C18H18N4O8/c1-2-30-16(23)9-19-18(25)13(8-12-6-4-3-5-7-12)20-10-14(21(26)27)17(24)15(11-20)22(28)29/h3-7,10-11,13H,2,8-9H2,1H3,(H,19,25)/t13-/m0/s1. The molecule has 1 amide bonds. The van der Waals surface area contributed by atoms with Crippen LogP contribution in [-0.2, 0) is 20.7 Å². The number of amides is 1. The molecule has 0 aliphatic rings. The van der Waals surface area contributed by atoms with Crippen molar-refractivity contribution in [3.8, 4) is 0 Å². The monoisotopic (exact) mass is 418 g/mol. The van der Waals surface area contributed by atoms with Crippen molar-refractivity contribution in [2.75, 3.05) is 13.2 Å². The van der Waals surface area contributed by atoms with Gasteiger partial charge in [0, 0.05) is 6.42 Å². The predicted molar refractivity (Wildman–Crippen MR) is 103 cm³/mol. The Bertz CT molecular complexity index is 980. The summed E-state index contributed by atoms with van der Waals surface area (Å²) < 4.78 is 5.67.